The summed E-state index contributed by atoms with van der Waals surface area (Å²) in [5.41, 5.74) is 3.12. The van der Waals surface area contributed by atoms with E-state index in [2.05, 4.69) is 9.97 Å². The second-order valence-electron chi connectivity index (χ2n) is 6.59. The van der Waals surface area contributed by atoms with Crippen LogP contribution in [0.3, 0.4) is 0 Å². The van der Waals surface area contributed by atoms with E-state index in [9.17, 15) is 15.0 Å². The molecule has 4 aromatic rings. The molecule has 148 valence electrons. The molecule has 0 aliphatic heterocycles. The van der Waals surface area contributed by atoms with Crippen LogP contribution in [0.2, 0.25) is 0 Å². The number of aromatic hydroxyl groups is 1. The van der Waals surface area contributed by atoms with Crippen molar-refractivity contribution in [1.29, 1.82) is 0 Å². The molecule has 2 aromatic heterocycles. The molecule has 6 nitrogen and oxygen atoms in total. The second kappa shape index (κ2) is 8.45. The highest BCUT2D eigenvalue weighted by Gasteiger charge is 2.24. The first kappa shape index (κ1) is 19.1. The predicted octanol–water partition coefficient (Wildman–Crippen LogP) is 4.72. The van der Waals surface area contributed by atoms with E-state index in [1.54, 1.807) is 67.3 Å². The number of phenols is 1. The summed E-state index contributed by atoms with van der Waals surface area (Å²) in [6.07, 6.45) is 5.33. The van der Waals surface area contributed by atoms with Gasteiger partial charge < -0.3 is 14.9 Å². The summed E-state index contributed by atoms with van der Waals surface area (Å²) in [5, 5.41) is 20.1. The van der Waals surface area contributed by atoms with Gasteiger partial charge in [0.2, 0.25) is 6.10 Å². The number of phenolic OH excluding ortho intramolecular Hbond substituents is 1. The van der Waals surface area contributed by atoms with Crippen molar-refractivity contribution in [2.45, 2.75) is 6.10 Å². The number of carboxylic acid groups (broad SMARTS) is 1. The van der Waals surface area contributed by atoms with E-state index in [-0.39, 0.29) is 5.75 Å². The Morgan fingerprint density at radius 1 is 0.833 bits per heavy atom. The van der Waals surface area contributed by atoms with Gasteiger partial charge in [0.05, 0.1) is 0 Å². The van der Waals surface area contributed by atoms with Gasteiger partial charge in [-0.05, 0) is 30.3 Å². The number of ether oxygens (including phenoxy) is 1. The highest BCUT2D eigenvalue weighted by Crippen LogP contribution is 2.35. The molecule has 0 aliphatic carbocycles. The zero-order valence-corrected chi connectivity index (χ0v) is 15.8. The number of carboxylic acids is 1. The Labute approximate surface area is 173 Å². The second-order valence-corrected chi connectivity index (χ2v) is 6.59. The van der Waals surface area contributed by atoms with Gasteiger partial charge in [-0.1, -0.05) is 36.4 Å². The molecule has 0 spiro atoms. The number of hydrogen-bond acceptors (Lipinski definition) is 5. The molecule has 2 heterocycles. The fraction of sp³-hybridized carbons (Fsp3) is 0.0417. The van der Waals surface area contributed by atoms with Crippen molar-refractivity contribution >= 4 is 5.97 Å². The third-order valence-electron chi connectivity index (χ3n) is 4.62. The molecule has 4 rings (SSSR count). The number of carbonyl (C=O) groups is 1. The van der Waals surface area contributed by atoms with Gasteiger partial charge >= 0.3 is 5.97 Å². The minimum absolute atomic E-state index is 0.0339. The average molecular weight is 398 g/mol. The van der Waals surface area contributed by atoms with E-state index in [0.717, 1.165) is 11.1 Å². The SMILES string of the molecule is O=C(O)C(Oc1ccccc1-c1cccnc1)c1ccc(O)c(-c2cccnc2)c1. The fourth-order valence-electron chi connectivity index (χ4n) is 3.19. The maximum atomic E-state index is 12.1. The van der Waals surface area contributed by atoms with Gasteiger partial charge in [-0.2, -0.15) is 0 Å². The van der Waals surface area contributed by atoms with Gasteiger partial charge in [0.15, 0.2) is 0 Å². The molecule has 0 amide bonds. The van der Waals surface area contributed by atoms with Crippen LogP contribution in [0.15, 0.2) is 91.5 Å². The summed E-state index contributed by atoms with van der Waals surface area (Å²) in [6, 6.07) is 19.0. The number of benzene rings is 2. The van der Waals surface area contributed by atoms with Crippen molar-refractivity contribution in [2.24, 2.45) is 0 Å². The number of pyridine rings is 2. The minimum atomic E-state index is -1.26. The van der Waals surface area contributed by atoms with Gasteiger partial charge in [0, 0.05) is 52.6 Å². The average Bonchev–Trinajstić information content (AvgIpc) is 2.79. The molecule has 1 unspecified atom stereocenters. The van der Waals surface area contributed by atoms with Crippen LogP contribution in [0.4, 0.5) is 0 Å². The summed E-state index contributed by atoms with van der Waals surface area (Å²) in [4.78, 5) is 20.3. The Balaban J connectivity index is 1.73. The van der Waals surface area contributed by atoms with Crippen molar-refractivity contribution in [3.8, 4) is 33.8 Å². The zero-order valence-electron chi connectivity index (χ0n) is 15.8. The number of nitrogens with zero attached hydrogens (tertiary/aromatic N) is 2. The molecule has 1 atom stereocenters. The van der Waals surface area contributed by atoms with Gasteiger partial charge in [0.1, 0.15) is 11.5 Å². The van der Waals surface area contributed by atoms with Crippen molar-refractivity contribution < 1.29 is 19.7 Å². The summed E-state index contributed by atoms with van der Waals surface area (Å²) in [6.45, 7) is 0. The lowest BCUT2D eigenvalue weighted by molar-refractivity contribution is -0.145. The largest absolute Gasteiger partial charge is 0.507 e. The smallest absolute Gasteiger partial charge is 0.349 e. The lowest BCUT2D eigenvalue weighted by atomic mass is 10.0. The molecule has 0 aliphatic rings. The Morgan fingerprint density at radius 2 is 1.50 bits per heavy atom. The van der Waals surface area contributed by atoms with Crippen LogP contribution in [-0.4, -0.2) is 26.2 Å². The highest BCUT2D eigenvalue weighted by molar-refractivity contribution is 5.78. The van der Waals surface area contributed by atoms with Crippen molar-refractivity contribution in [2.75, 3.05) is 0 Å². The van der Waals surface area contributed by atoms with Crippen LogP contribution < -0.4 is 4.74 Å². The van der Waals surface area contributed by atoms with Crippen molar-refractivity contribution in [1.82, 2.24) is 9.97 Å². The number of aliphatic carboxylic acids is 1. The molecule has 2 N–H and O–H groups in total. The monoisotopic (exact) mass is 398 g/mol. The quantitative estimate of drug-likeness (QED) is 0.488. The molecule has 30 heavy (non-hydrogen) atoms. The van der Waals surface area contributed by atoms with E-state index < -0.39 is 12.1 Å². The number of para-hydroxylation sites is 1. The zero-order chi connectivity index (χ0) is 20.9. The van der Waals surface area contributed by atoms with Gasteiger partial charge in [-0.15, -0.1) is 0 Å². The van der Waals surface area contributed by atoms with Crippen molar-refractivity contribution in [3.05, 3.63) is 97.1 Å². The third-order valence-corrected chi connectivity index (χ3v) is 4.62. The highest BCUT2D eigenvalue weighted by atomic mass is 16.5. The van der Waals surface area contributed by atoms with E-state index in [1.165, 1.54) is 6.07 Å². The summed E-state index contributed by atoms with van der Waals surface area (Å²) in [7, 11) is 0. The van der Waals surface area contributed by atoms with E-state index in [4.69, 9.17) is 4.74 Å². The molecular formula is C24H18N2O4. The molecule has 0 radical (unpaired) electrons. The normalized spacial score (nSPS) is 11.6. The Morgan fingerprint density at radius 3 is 2.13 bits per heavy atom. The summed E-state index contributed by atoms with van der Waals surface area (Å²) >= 11 is 0. The molecular weight excluding hydrogens is 380 g/mol. The molecule has 0 saturated carbocycles. The third kappa shape index (κ3) is 3.98. The molecule has 0 saturated heterocycles. The van der Waals surface area contributed by atoms with Crippen molar-refractivity contribution in [3.63, 3.8) is 0 Å². The first-order valence-corrected chi connectivity index (χ1v) is 9.25. The van der Waals surface area contributed by atoms with E-state index >= 15 is 0 Å². The standard InChI is InChI=1S/C24H18N2O4/c27-21-10-9-16(13-20(21)18-6-4-12-26-15-18)23(24(28)29)30-22-8-2-1-7-19(22)17-5-3-11-25-14-17/h1-15,23,27H,(H,28,29). The van der Waals surface area contributed by atoms with Crippen LogP contribution in [0.25, 0.3) is 22.3 Å². The Bertz CT molecular complexity index is 1160. The van der Waals surface area contributed by atoms with Gasteiger partial charge in [-0.25, -0.2) is 4.79 Å². The fourth-order valence-corrected chi connectivity index (χ4v) is 3.19. The van der Waals surface area contributed by atoms with E-state index in [0.29, 0.717) is 22.4 Å². The Kier molecular flexibility index (Phi) is 5.39. The molecule has 2 aromatic carbocycles. The maximum Gasteiger partial charge on any atom is 0.349 e. The lowest BCUT2D eigenvalue weighted by Crippen LogP contribution is -2.18. The Hall–Kier alpha value is -4.19. The van der Waals surface area contributed by atoms with Crippen LogP contribution in [0.1, 0.15) is 11.7 Å². The predicted molar refractivity (Wildman–Crippen MR) is 112 cm³/mol. The number of rotatable bonds is 6. The number of aromatic nitrogens is 2. The molecule has 0 bridgehead atoms. The van der Waals surface area contributed by atoms with Crippen LogP contribution in [-0.2, 0) is 4.79 Å². The van der Waals surface area contributed by atoms with Crippen LogP contribution in [0.5, 0.6) is 11.5 Å². The molecule has 6 heteroatoms. The van der Waals surface area contributed by atoms with E-state index in [1.807, 2.05) is 18.2 Å². The van der Waals surface area contributed by atoms with Crippen LogP contribution >= 0.6 is 0 Å². The summed E-state index contributed by atoms with van der Waals surface area (Å²) < 4.78 is 5.95. The topological polar surface area (TPSA) is 92.5 Å². The number of hydrogen-bond donors (Lipinski definition) is 2. The van der Waals surface area contributed by atoms with Gasteiger partial charge in [0.25, 0.3) is 0 Å². The maximum absolute atomic E-state index is 12.1. The van der Waals surface area contributed by atoms with Gasteiger partial charge in [-0.3, -0.25) is 9.97 Å². The first-order chi connectivity index (χ1) is 14.6. The lowest BCUT2D eigenvalue weighted by Gasteiger charge is -2.19. The summed E-state index contributed by atoms with van der Waals surface area (Å²) in [5.74, 6) is -0.681. The molecule has 0 fully saturated rings. The first-order valence-electron chi connectivity index (χ1n) is 9.25. The minimum Gasteiger partial charge on any atom is -0.507 e. The van der Waals surface area contributed by atoms with Crippen LogP contribution in [0, 0.1) is 0 Å².